The Morgan fingerprint density at radius 2 is 2.22 bits per heavy atom. The lowest BCUT2D eigenvalue weighted by Gasteiger charge is -2.22. The van der Waals surface area contributed by atoms with Crippen molar-refractivity contribution in [1.29, 1.82) is 0 Å². The number of carbonyl (C=O) groups is 1. The predicted octanol–water partition coefficient (Wildman–Crippen LogP) is 1.26. The van der Waals surface area contributed by atoms with E-state index in [0.29, 0.717) is 0 Å². The molecular formula is C13H18FNO3. The first kappa shape index (κ1) is 14.6. The van der Waals surface area contributed by atoms with Crippen molar-refractivity contribution in [2.75, 3.05) is 20.3 Å². The molecule has 0 fully saturated rings. The van der Waals surface area contributed by atoms with Crippen molar-refractivity contribution in [3.05, 3.63) is 35.1 Å². The first-order valence-corrected chi connectivity index (χ1v) is 5.61. The zero-order chi connectivity index (χ0) is 13.8. The van der Waals surface area contributed by atoms with Gasteiger partial charge in [0.2, 0.25) is 0 Å². The number of hydrogen-bond donors (Lipinski definition) is 2. The fourth-order valence-electron chi connectivity index (χ4n) is 1.53. The molecule has 4 nitrogen and oxygen atoms in total. The van der Waals surface area contributed by atoms with Crippen molar-refractivity contribution in [3.8, 4) is 0 Å². The van der Waals surface area contributed by atoms with Crippen molar-refractivity contribution < 1.29 is 19.0 Å². The molecule has 1 atom stereocenters. The van der Waals surface area contributed by atoms with Gasteiger partial charge in [0.1, 0.15) is 11.4 Å². The summed E-state index contributed by atoms with van der Waals surface area (Å²) in [5, 5.41) is 12.3. The van der Waals surface area contributed by atoms with E-state index in [4.69, 9.17) is 4.74 Å². The molecule has 0 spiro atoms. The van der Waals surface area contributed by atoms with E-state index in [1.165, 1.54) is 26.2 Å². The zero-order valence-electron chi connectivity index (χ0n) is 10.8. The molecule has 100 valence electrons. The van der Waals surface area contributed by atoms with Crippen LogP contribution in [0.1, 0.15) is 22.8 Å². The number of benzene rings is 1. The van der Waals surface area contributed by atoms with E-state index in [1.54, 1.807) is 13.0 Å². The van der Waals surface area contributed by atoms with Gasteiger partial charge < -0.3 is 15.2 Å². The number of hydrogen-bond acceptors (Lipinski definition) is 3. The molecule has 1 aromatic rings. The molecule has 2 N–H and O–H groups in total. The van der Waals surface area contributed by atoms with Crippen molar-refractivity contribution in [2.24, 2.45) is 0 Å². The second-order valence-corrected chi connectivity index (χ2v) is 4.60. The molecule has 0 saturated carbocycles. The Balaban J connectivity index is 2.66. The van der Waals surface area contributed by atoms with Crippen molar-refractivity contribution in [3.63, 3.8) is 0 Å². The number of rotatable bonds is 5. The summed E-state index contributed by atoms with van der Waals surface area (Å²) in [6, 6.07) is 4.37. The average molecular weight is 255 g/mol. The van der Waals surface area contributed by atoms with Crippen LogP contribution in [0, 0.1) is 12.7 Å². The monoisotopic (exact) mass is 255 g/mol. The van der Waals surface area contributed by atoms with E-state index in [1.807, 2.05) is 0 Å². The maximum Gasteiger partial charge on any atom is 0.254 e. The zero-order valence-corrected chi connectivity index (χ0v) is 10.8. The lowest BCUT2D eigenvalue weighted by molar-refractivity contribution is -0.0147. The van der Waals surface area contributed by atoms with Crippen LogP contribution in [0.3, 0.4) is 0 Å². The Labute approximate surface area is 106 Å². The number of aryl methyl sites for hydroxylation is 1. The molecular weight excluding hydrogens is 237 g/mol. The summed E-state index contributed by atoms with van der Waals surface area (Å²) >= 11 is 0. The summed E-state index contributed by atoms with van der Waals surface area (Å²) in [5.74, 6) is -1.12. The highest BCUT2D eigenvalue weighted by molar-refractivity contribution is 5.94. The van der Waals surface area contributed by atoms with Crippen LogP contribution in [-0.2, 0) is 4.74 Å². The Hall–Kier alpha value is -1.46. The third kappa shape index (κ3) is 4.09. The standard InChI is InChI=1S/C13H18FNO3/c1-9-4-5-10(11(14)6-9)12(16)15-7-13(2,17)8-18-3/h4-6,17H,7-8H2,1-3H3,(H,15,16)/t13-/m1/s1. The van der Waals surface area contributed by atoms with Gasteiger partial charge in [-0.2, -0.15) is 0 Å². The van der Waals surface area contributed by atoms with Crippen molar-refractivity contribution in [1.82, 2.24) is 5.32 Å². The van der Waals surface area contributed by atoms with E-state index in [0.717, 1.165) is 5.56 Å². The second-order valence-electron chi connectivity index (χ2n) is 4.60. The number of halogens is 1. The van der Waals surface area contributed by atoms with E-state index in [-0.39, 0.29) is 18.7 Å². The minimum absolute atomic E-state index is 0.00695. The fraction of sp³-hybridized carbons (Fsp3) is 0.462. The van der Waals surface area contributed by atoms with Gasteiger partial charge in [-0.25, -0.2) is 4.39 Å². The number of amides is 1. The van der Waals surface area contributed by atoms with Crippen molar-refractivity contribution >= 4 is 5.91 Å². The van der Waals surface area contributed by atoms with Gasteiger partial charge >= 0.3 is 0 Å². The molecule has 0 aliphatic heterocycles. The van der Waals surface area contributed by atoms with E-state index in [2.05, 4.69) is 5.32 Å². The van der Waals surface area contributed by atoms with Crippen LogP contribution in [-0.4, -0.2) is 36.9 Å². The Morgan fingerprint density at radius 1 is 1.56 bits per heavy atom. The molecule has 1 amide bonds. The van der Waals surface area contributed by atoms with E-state index in [9.17, 15) is 14.3 Å². The minimum Gasteiger partial charge on any atom is -0.386 e. The summed E-state index contributed by atoms with van der Waals surface area (Å²) in [6.45, 7) is 3.35. The average Bonchev–Trinajstić information content (AvgIpc) is 2.26. The van der Waals surface area contributed by atoms with Crippen LogP contribution in [0.5, 0.6) is 0 Å². The van der Waals surface area contributed by atoms with Gasteiger partial charge in [-0.15, -0.1) is 0 Å². The van der Waals surface area contributed by atoms with Crippen LogP contribution >= 0.6 is 0 Å². The van der Waals surface area contributed by atoms with Crippen LogP contribution in [0.15, 0.2) is 18.2 Å². The molecule has 0 radical (unpaired) electrons. The summed E-state index contributed by atoms with van der Waals surface area (Å²) < 4.78 is 18.3. The molecule has 5 heteroatoms. The summed E-state index contributed by atoms with van der Waals surface area (Å²) in [7, 11) is 1.45. The molecule has 0 bridgehead atoms. The van der Waals surface area contributed by atoms with Gasteiger partial charge in [-0.3, -0.25) is 4.79 Å². The molecule has 0 aliphatic rings. The first-order chi connectivity index (χ1) is 8.35. The second kappa shape index (κ2) is 5.93. The van der Waals surface area contributed by atoms with Crippen LogP contribution < -0.4 is 5.32 Å². The molecule has 0 unspecified atom stereocenters. The largest absolute Gasteiger partial charge is 0.386 e. The van der Waals surface area contributed by atoms with Crippen LogP contribution in [0.2, 0.25) is 0 Å². The molecule has 1 aromatic carbocycles. The number of ether oxygens (including phenoxy) is 1. The highest BCUT2D eigenvalue weighted by Crippen LogP contribution is 2.10. The molecule has 0 aromatic heterocycles. The quantitative estimate of drug-likeness (QED) is 0.832. The van der Waals surface area contributed by atoms with Gasteiger partial charge in [0.15, 0.2) is 0 Å². The normalized spacial score (nSPS) is 14.1. The van der Waals surface area contributed by atoms with Crippen LogP contribution in [0.25, 0.3) is 0 Å². The van der Waals surface area contributed by atoms with Gasteiger partial charge in [-0.05, 0) is 31.5 Å². The summed E-state index contributed by atoms with van der Waals surface area (Å²) in [4.78, 5) is 11.7. The molecule has 0 saturated heterocycles. The number of aliphatic hydroxyl groups is 1. The maximum atomic E-state index is 13.5. The Bertz CT molecular complexity index is 432. The molecule has 0 heterocycles. The van der Waals surface area contributed by atoms with Gasteiger partial charge in [0.05, 0.1) is 12.2 Å². The summed E-state index contributed by atoms with van der Waals surface area (Å²) in [5.41, 5.74) is -0.463. The van der Waals surface area contributed by atoms with E-state index < -0.39 is 17.3 Å². The summed E-state index contributed by atoms with van der Waals surface area (Å²) in [6.07, 6.45) is 0. The Kier molecular flexibility index (Phi) is 4.81. The van der Waals surface area contributed by atoms with Gasteiger partial charge in [0.25, 0.3) is 5.91 Å². The third-order valence-electron chi connectivity index (χ3n) is 2.45. The number of nitrogens with one attached hydrogen (secondary N) is 1. The molecule has 1 rings (SSSR count). The first-order valence-electron chi connectivity index (χ1n) is 5.61. The predicted molar refractivity (Wildman–Crippen MR) is 66.0 cm³/mol. The minimum atomic E-state index is -1.18. The molecule has 18 heavy (non-hydrogen) atoms. The fourth-order valence-corrected chi connectivity index (χ4v) is 1.53. The topological polar surface area (TPSA) is 58.6 Å². The van der Waals surface area contributed by atoms with Gasteiger partial charge in [0, 0.05) is 13.7 Å². The number of methoxy groups -OCH3 is 1. The van der Waals surface area contributed by atoms with E-state index >= 15 is 0 Å². The lowest BCUT2D eigenvalue weighted by Crippen LogP contribution is -2.43. The highest BCUT2D eigenvalue weighted by atomic mass is 19.1. The smallest absolute Gasteiger partial charge is 0.254 e. The van der Waals surface area contributed by atoms with Crippen LogP contribution in [0.4, 0.5) is 4.39 Å². The highest BCUT2D eigenvalue weighted by Gasteiger charge is 2.22. The van der Waals surface area contributed by atoms with Gasteiger partial charge in [-0.1, -0.05) is 6.07 Å². The van der Waals surface area contributed by atoms with Crippen molar-refractivity contribution in [2.45, 2.75) is 19.4 Å². The third-order valence-corrected chi connectivity index (χ3v) is 2.45. The maximum absolute atomic E-state index is 13.5. The Morgan fingerprint density at radius 3 is 2.78 bits per heavy atom. The SMILES string of the molecule is COC[C@](C)(O)CNC(=O)c1ccc(C)cc1F. The molecule has 0 aliphatic carbocycles. The lowest BCUT2D eigenvalue weighted by atomic mass is 10.1. The number of carbonyl (C=O) groups excluding carboxylic acids is 1.